The summed E-state index contributed by atoms with van der Waals surface area (Å²) in [6.45, 7) is 0.553. The normalized spacial score (nSPS) is 21.7. The molecule has 0 radical (unpaired) electrons. The van der Waals surface area contributed by atoms with Gasteiger partial charge < -0.3 is 15.0 Å². The molecule has 8 nitrogen and oxygen atoms in total. The van der Waals surface area contributed by atoms with Gasteiger partial charge >= 0.3 is 0 Å². The van der Waals surface area contributed by atoms with E-state index >= 15 is 0 Å². The number of aromatic amines is 1. The first-order valence-corrected chi connectivity index (χ1v) is 8.31. The number of carbonyl (C=O) groups excluding carboxylic acids is 1. The Morgan fingerprint density at radius 3 is 2.86 bits per heavy atom. The second kappa shape index (κ2) is 6.48. The van der Waals surface area contributed by atoms with Crippen LogP contribution in [0.3, 0.4) is 0 Å². The van der Waals surface area contributed by atoms with Crippen molar-refractivity contribution in [1.82, 2.24) is 14.6 Å². The quantitative estimate of drug-likeness (QED) is 0.758. The molecule has 0 aliphatic carbocycles. The molecule has 0 unspecified atom stereocenters. The van der Waals surface area contributed by atoms with Crippen LogP contribution < -0.4 is 5.32 Å². The van der Waals surface area contributed by atoms with Gasteiger partial charge in [0.05, 0.1) is 30.6 Å². The van der Waals surface area contributed by atoms with Gasteiger partial charge in [0.25, 0.3) is 5.91 Å². The van der Waals surface area contributed by atoms with Crippen LogP contribution >= 0.6 is 0 Å². The zero-order valence-electron chi connectivity index (χ0n) is 12.4. The fraction of sp³-hybridized carbons (Fsp3) is 0.538. The maximum absolute atomic E-state index is 12.1. The number of nitrogens with one attached hydrogen (secondary N) is 2. The molecular formula is C13H18N4O4S. The Morgan fingerprint density at radius 2 is 2.27 bits per heavy atom. The van der Waals surface area contributed by atoms with E-state index in [2.05, 4.69) is 10.3 Å². The van der Waals surface area contributed by atoms with E-state index in [4.69, 9.17) is 10.00 Å². The maximum atomic E-state index is 12.1. The van der Waals surface area contributed by atoms with Crippen LogP contribution in [-0.2, 0) is 14.8 Å². The van der Waals surface area contributed by atoms with Crippen molar-refractivity contribution in [3.63, 3.8) is 0 Å². The van der Waals surface area contributed by atoms with Gasteiger partial charge in [-0.15, -0.1) is 0 Å². The maximum Gasteiger partial charge on any atom is 0.268 e. The molecule has 0 saturated carbocycles. The predicted octanol–water partition coefficient (Wildman–Crippen LogP) is -0.477. The fourth-order valence-corrected chi connectivity index (χ4v) is 3.35. The Morgan fingerprint density at radius 1 is 1.55 bits per heavy atom. The number of ether oxygens (including phenoxy) is 1. The molecule has 1 aliphatic heterocycles. The Bertz CT molecular complexity index is 689. The van der Waals surface area contributed by atoms with Gasteiger partial charge in [-0.05, 0) is 6.07 Å². The Hall–Kier alpha value is -1.89. The highest BCUT2D eigenvalue weighted by Gasteiger charge is 2.34. The van der Waals surface area contributed by atoms with E-state index in [9.17, 15) is 13.2 Å². The molecule has 1 aromatic heterocycles. The number of hydrogen-bond donors (Lipinski definition) is 2. The lowest BCUT2D eigenvalue weighted by Crippen LogP contribution is -2.43. The molecule has 2 heterocycles. The second-order valence-electron chi connectivity index (χ2n) is 5.35. The lowest BCUT2D eigenvalue weighted by atomic mass is 10.1. The van der Waals surface area contributed by atoms with Crippen molar-refractivity contribution < 1.29 is 17.9 Å². The third-order valence-corrected chi connectivity index (χ3v) is 5.51. The van der Waals surface area contributed by atoms with Crippen molar-refractivity contribution in [1.29, 1.82) is 5.26 Å². The van der Waals surface area contributed by atoms with Gasteiger partial charge in [-0.3, -0.25) is 4.79 Å². The number of hydrogen-bond acceptors (Lipinski definition) is 5. The molecule has 9 heteroatoms. The molecule has 22 heavy (non-hydrogen) atoms. The highest BCUT2D eigenvalue weighted by Crippen LogP contribution is 2.17. The third kappa shape index (κ3) is 3.65. The fourth-order valence-electron chi connectivity index (χ4n) is 2.18. The molecule has 1 aromatic rings. The van der Waals surface area contributed by atoms with Crippen LogP contribution in [0.25, 0.3) is 0 Å². The highest BCUT2D eigenvalue weighted by molar-refractivity contribution is 7.89. The van der Waals surface area contributed by atoms with Crippen molar-refractivity contribution in [2.45, 2.75) is 6.04 Å². The average Bonchev–Trinajstić information content (AvgIpc) is 3.08. The predicted molar refractivity (Wildman–Crippen MR) is 78.5 cm³/mol. The minimum atomic E-state index is -3.36. The Balaban J connectivity index is 2.02. The number of amides is 1. The topological polar surface area (TPSA) is 115 Å². The summed E-state index contributed by atoms with van der Waals surface area (Å²) in [5.41, 5.74) is 0.622. The first-order chi connectivity index (χ1) is 10.3. The molecule has 2 rings (SSSR count). The smallest absolute Gasteiger partial charge is 0.268 e. The number of nitrogens with zero attached hydrogens (tertiary/aromatic N) is 2. The van der Waals surface area contributed by atoms with E-state index in [1.54, 1.807) is 0 Å². The molecular weight excluding hydrogens is 308 g/mol. The first kappa shape index (κ1) is 16.5. The van der Waals surface area contributed by atoms with E-state index in [1.165, 1.54) is 26.4 Å². The first-order valence-electron chi connectivity index (χ1n) is 6.71. The van der Waals surface area contributed by atoms with Crippen LogP contribution in [-0.4, -0.2) is 62.7 Å². The van der Waals surface area contributed by atoms with Crippen LogP contribution in [0.2, 0.25) is 0 Å². The molecule has 1 fully saturated rings. The number of sulfonamides is 1. The van der Waals surface area contributed by atoms with E-state index < -0.39 is 10.0 Å². The number of carbonyl (C=O) groups is 1. The van der Waals surface area contributed by atoms with Gasteiger partial charge in [0.2, 0.25) is 10.0 Å². The Kier molecular flexibility index (Phi) is 4.85. The third-order valence-electron chi connectivity index (χ3n) is 3.55. The van der Waals surface area contributed by atoms with Gasteiger partial charge in [0, 0.05) is 26.2 Å². The molecule has 1 saturated heterocycles. The van der Waals surface area contributed by atoms with E-state index in [-0.39, 0.29) is 42.5 Å². The van der Waals surface area contributed by atoms with Gasteiger partial charge in [-0.2, -0.15) is 5.26 Å². The molecule has 0 aromatic carbocycles. The van der Waals surface area contributed by atoms with E-state index in [1.807, 2.05) is 6.07 Å². The summed E-state index contributed by atoms with van der Waals surface area (Å²) in [5, 5.41) is 11.5. The Labute approximate surface area is 129 Å². The van der Waals surface area contributed by atoms with Crippen LogP contribution in [0.4, 0.5) is 0 Å². The largest absolute Gasteiger partial charge is 0.379 e. The van der Waals surface area contributed by atoms with Gasteiger partial charge in [0.15, 0.2) is 0 Å². The van der Waals surface area contributed by atoms with Crippen molar-refractivity contribution >= 4 is 15.9 Å². The van der Waals surface area contributed by atoms with Gasteiger partial charge in [-0.25, -0.2) is 12.7 Å². The summed E-state index contributed by atoms with van der Waals surface area (Å²) in [6.07, 6.45) is 1.44. The molecule has 1 amide bonds. The van der Waals surface area contributed by atoms with Gasteiger partial charge in [-0.1, -0.05) is 0 Å². The van der Waals surface area contributed by atoms with Crippen LogP contribution in [0.15, 0.2) is 12.3 Å². The SMILES string of the molecule is CN(C)S(=O)(=O)C[C@@H]1COC[C@H]1NC(=O)c1cc(C#N)c[nH]1. The lowest BCUT2D eigenvalue weighted by molar-refractivity contribution is 0.0921. The van der Waals surface area contributed by atoms with Crippen LogP contribution in [0, 0.1) is 17.2 Å². The number of aromatic nitrogens is 1. The summed E-state index contributed by atoms with van der Waals surface area (Å²) >= 11 is 0. The lowest BCUT2D eigenvalue weighted by Gasteiger charge is -2.20. The van der Waals surface area contributed by atoms with Crippen molar-refractivity contribution in [3.05, 3.63) is 23.5 Å². The van der Waals surface area contributed by atoms with E-state index in [0.717, 1.165) is 4.31 Å². The molecule has 2 N–H and O–H groups in total. The zero-order chi connectivity index (χ0) is 16.3. The second-order valence-corrected chi connectivity index (χ2v) is 7.58. The van der Waals surface area contributed by atoms with Crippen LogP contribution in [0.5, 0.6) is 0 Å². The number of nitriles is 1. The minimum Gasteiger partial charge on any atom is -0.379 e. The zero-order valence-corrected chi connectivity index (χ0v) is 13.2. The highest BCUT2D eigenvalue weighted by atomic mass is 32.2. The van der Waals surface area contributed by atoms with E-state index in [0.29, 0.717) is 5.56 Å². The summed E-state index contributed by atoms with van der Waals surface area (Å²) < 4.78 is 30.3. The molecule has 2 atom stereocenters. The summed E-state index contributed by atoms with van der Waals surface area (Å²) in [5.74, 6) is -0.773. The molecule has 0 spiro atoms. The molecule has 120 valence electrons. The molecule has 0 bridgehead atoms. The number of H-pyrrole nitrogens is 1. The van der Waals surface area contributed by atoms with Crippen LogP contribution in [0.1, 0.15) is 16.1 Å². The van der Waals surface area contributed by atoms with Crippen molar-refractivity contribution in [3.8, 4) is 6.07 Å². The van der Waals surface area contributed by atoms with Gasteiger partial charge in [0.1, 0.15) is 11.8 Å². The van der Waals surface area contributed by atoms with Crippen molar-refractivity contribution in [2.24, 2.45) is 5.92 Å². The molecule has 1 aliphatic rings. The minimum absolute atomic E-state index is 0.0842. The van der Waals surface area contributed by atoms with Crippen molar-refractivity contribution in [2.75, 3.05) is 33.1 Å². The average molecular weight is 326 g/mol. The summed E-state index contributed by atoms with van der Waals surface area (Å²) in [4.78, 5) is 14.8. The standard InChI is InChI=1S/C13H18N4O4S/c1-17(2)22(19,20)8-10-6-21-7-12(10)16-13(18)11-3-9(4-14)5-15-11/h3,5,10,12,15H,6-8H2,1-2H3,(H,16,18)/t10-,12+/m0/s1. The summed E-state index contributed by atoms with van der Waals surface area (Å²) in [6, 6.07) is 2.99. The monoisotopic (exact) mass is 326 g/mol. The summed E-state index contributed by atoms with van der Waals surface area (Å²) in [7, 11) is -0.417. The number of rotatable bonds is 5.